The van der Waals surface area contributed by atoms with E-state index in [1.54, 1.807) is 37.5 Å². The van der Waals surface area contributed by atoms with Crippen LogP contribution < -0.4 is 10.7 Å². The number of phenolic OH excluding ortho intramolecular Hbond substituents is 1. The zero-order valence-corrected chi connectivity index (χ0v) is 39.6. The second-order valence-corrected chi connectivity index (χ2v) is 19.1. The van der Waals surface area contributed by atoms with E-state index in [0.29, 0.717) is 56.8 Å². The Hall–Kier alpha value is -6.61. The molecule has 0 saturated carbocycles. The van der Waals surface area contributed by atoms with Crippen LogP contribution in [0.3, 0.4) is 0 Å². The number of cyclic esters (lactones) is 1. The van der Waals surface area contributed by atoms with Crippen LogP contribution in [0.2, 0.25) is 0 Å². The van der Waals surface area contributed by atoms with Crippen LogP contribution >= 0.6 is 0 Å². The molecule has 6 bridgehead atoms. The molecule has 0 unspecified atom stereocenters. The molecule has 3 N–H and O–H groups in total. The van der Waals surface area contributed by atoms with Crippen molar-refractivity contribution in [1.29, 1.82) is 0 Å². The maximum atomic E-state index is 14.7. The number of amides is 3. The molecule has 3 aliphatic heterocycles. The minimum Gasteiger partial charge on any atom is -0.508 e. The first kappa shape index (κ1) is 46.9. The number of ether oxygens (including phenoxy) is 2. The quantitative estimate of drug-likeness (QED) is 0.132. The molecule has 0 aliphatic carbocycles. The third kappa shape index (κ3) is 10.1. The van der Waals surface area contributed by atoms with E-state index in [9.17, 15) is 24.3 Å². The average Bonchev–Trinajstić information content (AvgIpc) is 3.94. The highest BCUT2D eigenvalue weighted by Crippen LogP contribution is 2.41. The van der Waals surface area contributed by atoms with E-state index in [1.165, 1.54) is 15.5 Å². The van der Waals surface area contributed by atoms with Crippen molar-refractivity contribution < 1.29 is 33.8 Å². The number of aromatic hydroxyl groups is 1. The summed E-state index contributed by atoms with van der Waals surface area (Å²) in [6, 6.07) is 14.1. The SMILES string of the molecule is CCc1ccncc1-c1c2c3cc(ccc3n1CC)-c1cc(O)cc(c1)C[C@H](NC(=O)[C@H](C(C)C)N(C)C(=O)c1ccc(CC3=NCCO3)cn1)C(=O)N1CCC[C@H](N1)C(=O)OCC(C)(C)C2. The molecule has 1 saturated heterocycles. The van der Waals surface area contributed by atoms with Gasteiger partial charge in [-0.2, -0.15) is 0 Å². The van der Waals surface area contributed by atoms with E-state index < -0.39 is 47.2 Å². The number of nitrogens with one attached hydrogen (secondary N) is 2. The van der Waals surface area contributed by atoms with E-state index in [4.69, 9.17) is 9.47 Å². The molecular formula is C52H62N8O7. The number of pyridine rings is 2. The smallest absolute Gasteiger partial charge is 0.324 e. The first-order valence-electron chi connectivity index (χ1n) is 23.5. The minimum atomic E-state index is -1.16. The number of carbonyl (C=O) groups excluding carboxylic acids is 4. The summed E-state index contributed by atoms with van der Waals surface area (Å²) >= 11 is 0. The maximum absolute atomic E-state index is 14.7. The van der Waals surface area contributed by atoms with Gasteiger partial charge < -0.3 is 29.4 Å². The van der Waals surface area contributed by atoms with Gasteiger partial charge in [-0.25, -0.2) is 5.43 Å². The van der Waals surface area contributed by atoms with Crippen LogP contribution in [-0.2, 0) is 56.1 Å². The number of benzene rings is 2. The summed E-state index contributed by atoms with van der Waals surface area (Å²) in [5, 5.41) is 16.8. The average molecular weight is 911 g/mol. The summed E-state index contributed by atoms with van der Waals surface area (Å²) in [6.45, 7) is 14.4. The molecule has 5 aromatic rings. The molecule has 2 aromatic carbocycles. The van der Waals surface area contributed by atoms with Crippen molar-refractivity contribution in [2.75, 3.05) is 33.4 Å². The topological polar surface area (TPSA) is 181 Å². The molecule has 3 aromatic heterocycles. The number of fused-ring (bicyclic) bond motifs is 6. The Morgan fingerprint density at radius 1 is 1.03 bits per heavy atom. The lowest BCUT2D eigenvalue weighted by Crippen LogP contribution is -2.62. The van der Waals surface area contributed by atoms with Crippen LogP contribution in [0.1, 0.15) is 87.1 Å². The van der Waals surface area contributed by atoms with Gasteiger partial charge in [-0.05, 0) is 108 Å². The van der Waals surface area contributed by atoms with E-state index in [0.717, 1.165) is 50.8 Å². The maximum Gasteiger partial charge on any atom is 0.324 e. The van der Waals surface area contributed by atoms with E-state index in [-0.39, 0.29) is 36.9 Å². The van der Waals surface area contributed by atoms with Crippen molar-refractivity contribution in [1.82, 2.24) is 35.2 Å². The van der Waals surface area contributed by atoms with Gasteiger partial charge in [0.05, 0.1) is 25.3 Å². The molecule has 15 nitrogen and oxygen atoms in total. The Labute approximate surface area is 391 Å². The van der Waals surface area contributed by atoms with Crippen molar-refractivity contribution in [3.63, 3.8) is 0 Å². The minimum absolute atomic E-state index is 0.00138. The Bertz CT molecular complexity index is 2710. The van der Waals surface area contributed by atoms with Crippen LogP contribution in [0.5, 0.6) is 5.75 Å². The molecule has 3 amide bonds. The predicted octanol–water partition coefficient (Wildman–Crippen LogP) is 6.47. The van der Waals surface area contributed by atoms with Gasteiger partial charge in [-0.1, -0.05) is 52.8 Å². The number of nitrogens with zero attached hydrogens (tertiary/aromatic N) is 6. The summed E-state index contributed by atoms with van der Waals surface area (Å²) < 4.78 is 14.0. The number of carbonyl (C=O) groups is 4. The highest BCUT2D eigenvalue weighted by Gasteiger charge is 2.38. The molecule has 67 heavy (non-hydrogen) atoms. The third-order valence-electron chi connectivity index (χ3n) is 13.1. The van der Waals surface area contributed by atoms with E-state index >= 15 is 0 Å². The number of hydrazine groups is 1. The number of hydrogen-bond donors (Lipinski definition) is 3. The van der Waals surface area contributed by atoms with Crippen LogP contribution in [0.25, 0.3) is 33.3 Å². The number of hydrogen-bond acceptors (Lipinski definition) is 11. The van der Waals surface area contributed by atoms with Gasteiger partial charge in [-0.15, -0.1) is 0 Å². The number of aromatic nitrogens is 3. The van der Waals surface area contributed by atoms with Gasteiger partial charge in [0.15, 0.2) is 5.90 Å². The molecule has 1 fully saturated rings. The molecule has 3 aliphatic rings. The first-order valence-corrected chi connectivity index (χ1v) is 23.5. The Morgan fingerprint density at radius 2 is 1.85 bits per heavy atom. The van der Waals surface area contributed by atoms with E-state index in [1.807, 2.05) is 38.4 Å². The fourth-order valence-corrected chi connectivity index (χ4v) is 9.76. The summed E-state index contributed by atoms with van der Waals surface area (Å²) in [5.74, 6) is -1.67. The largest absolute Gasteiger partial charge is 0.508 e. The van der Waals surface area contributed by atoms with Crippen LogP contribution in [0.4, 0.5) is 0 Å². The molecule has 352 valence electrons. The van der Waals surface area contributed by atoms with Crippen LogP contribution in [0.15, 0.2) is 78.2 Å². The fraction of sp³-hybridized carbons (Fsp3) is 0.442. The number of likely N-dealkylation sites (N-methyl/N-ethyl adjacent to an activating group) is 1. The number of rotatable bonds is 10. The number of aliphatic imine (C=N–C) groups is 1. The summed E-state index contributed by atoms with van der Waals surface area (Å²) in [4.78, 5) is 71.8. The van der Waals surface area contributed by atoms with Crippen molar-refractivity contribution in [2.24, 2.45) is 16.3 Å². The van der Waals surface area contributed by atoms with Crippen molar-refractivity contribution in [3.8, 4) is 28.1 Å². The number of aryl methyl sites for hydroxylation is 2. The van der Waals surface area contributed by atoms with Gasteiger partial charge in [0, 0.05) is 67.0 Å². The Morgan fingerprint density at radius 3 is 2.57 bits per heavy atom. The molecule has 8 rings (SSSR count). The van der Waals surface area contributed by atoms with Gasteiger partial charge in [0.1, 0.15) is 36.2 Å². The van der Waals surface area contributed by atoms with Gasteiger partial charge >= 0.3 is 5.97 Å². The summed E-state index contributed by atoms with van der Waals surface area (Å²) in [5.41, 5.74) is 11.3. The Kier molecular flexibility index (Phi) is 13.8. The van der Waals surface area contributed by atoms with Gasteiger partial charge in [0.25, 0.3) is 11.8 Å². The predicted molar refractivity (Wildman–Crippen MR) is 256 cm³/mol. The van der Waals surface area contributed by atoms with Gasteiger partial charge in [0.2, 0.25) is 5.91 Å². The van der Waals surface area contributed by atoms with Crippen LogP contribution in [0, 0.1) is 11.3 Å². The lowest BCUT2D eigenvalue weighted by atomic mass is 9.84. The number of esters is 1. The summed E-state index contributed by atoms with van der Waals surface area (Å²) in [6.07, 6.45) is 8.21. The standard InChI is InChI=1S/C52H62N8O7/c1-8-34-16-17-53-29-40(34)47-39-27-52(5,6)30-67-51(65)42-11-10-19-60(57-42)50(64)43(23-33-21-36(25-37(61)22-33)35-13-15-44(38(39)26-35)59(47)9-2)56-48(62)46(31(3)4)58(7)49(63)41-14-12-32(28-55-41)24-45-54-18-20-66-45/h12-17,21-22,25-26,28-29,31,42-43,46,57,61H,8-11,18-20,23-24,27,30H2,1-7H3,(H,56,62)/t42-,43-,46-/m0/s1. The first-order chi connectivity index (χ1) is 32.1. The second kappa shape index (κ2) is 19.7. The lowest BCUT2D eigenvalue weighted by Gasteiger charge is -2.36. The highest BCUT2D eigenvalue weighted by atomic mass is 16.5. The highest BCUT2D eigenvalue weighted by molar-refractivity contribution is 5.98. The molecule has 0 radical (unpaired) electrons. The molecule has 0 spiro atoms. The lowest BCUT2D eigenvalue weighted by molar-refractivity contribution is -0.155. The van der Waals surface area contributed by atoms with E-state index in [2.05, 4.69) is 76.2 Å². The zero-order chi connectivity index (χ0) is 47.6. The van der Waals surface area contributed by atoms with Crippen molar-refractivity contribution >= 4 is 40.5 Å². The third-order valence-corrected chi connectivity index (χ3v) is 13.1. The number of phenols is 1. The van der Waals surface area contributed by atoms with Crippen molar-refractivity contribution in [3.05, 3.63) is 101 Å². The van der Waals surface area contributed by atoms with Crippen LogP contribution in [-0.4, -0.2) is 111 Å². The fourth-order valence-electron chi connectivity index (χ4n) is 9.76. The second-order valence-electron chi connectivity index (χ2n) is 19.1. The molecular weight excluding hydrogens is 849 g/mol. The Balaban J connectivity index is 1.16. The van der Waals surface area contributed by atoms with Gasteiger partial charge in [-0.3, -0.25) is 39.1 Å². The molecule has 3 atom stereocenters. The molecule has 15 heteroatoms. The normalized spacial score (nSPS) is 19.0. The summed E-state index contributed by atoms with van der Waals surface area (Å²) in [7, 11) is 1.56. The molecule has 6 heterocycles. The monoisotopic (exact) mass is 910 g/mol. The zero-order valence-electron chi connectivity index (χ0n) is 39.6. The van der Waals surface area contributed by atoms with Crippen molar-refractivity contribution in [2.45, 2.75) is 105 Å².